The van der Waals surface area contributed by atoms with E-state index in [0.29, 0.717) is 17.0 Å². The number of ether oxygens (including phenoxy) is 1. The molecule has 0 atom stereocenters. The van der Waals surface area contributed by atoms with Gasteiger partial charge in [-0.2, -0.15) is 0 Å². The van der Waals surface area contributed by atoms with Crippen molar-refractivity contribution in [2.75, 3.05) is 5.32 Å². The van der Waals surface area contributed by atoms with E-state index in [1.807, 2.05) is 0 Å². The molecule has 2 rings (SSSR count). The van der Waals surface area contributed by atoms with Gasteiger partial charge in [-0.05, 0) is 51.1 Å². The van der Waals surface area contributed by atoms with Crippen LogP contribution in [0.2, 0.25) is 0 Å². The van der Waals surface area contributed by atoms with Gasteiger partial charge in [-0.25, -0.2) is 4.79 Å². The largest absolute Gasteiger partial charge is 0.454 e. The van der Waals surface area contributed by atoms with Crippen molar-refractivity contribution in [1.82, 2.24) is 5.32 Å². The van der Waals surface area contributed by atoms with Gasteiger partial charge in [-0.3, -0.25) is 4.79 Å². The molecule has 0 aliphatic heterocycles. The van der Waals surface area contributed by atoms with Crippen molar-refractivity contribution in [2.24, 2.45) is 0 Å². The summed E-state index contributed by atoms with van der Waals surface area (Å²) in [7, 11) is 0. The summed E-state index contributed by atoms with van der Waals surface area (Å²) in [5.74, 6) is 2.67. The van der Waals surface area contributed by atoms with Gasteiger partial charge in [-0.15, -0.1) is 6.42 Å². The third-order valence-corrected chi connectivity index (χ3v) is 2.98. The summed E-state index contributed by atoms with van der Waals surface area (Å²) < 4.78 is 10.6. The van der Waals surface area contributed by atoms with E-state index < -0.39 is 17.6 Å². The average Bonchev–Trinajstić information content (AvgIpc) is 3.00. The normalized spacial score (nSPS) is 10.6. The Kier molecular flexibility index (Phi) is 5.50. The second-order valence-corrected chi connectivity index (χ2v) is 6.30. The first-order valence-electron chi connectivity index (χ1n) is 7.70. The number of benzene rings is 1. The Morgan fingerprint density at radius 1 is 1.24 bits per heavy atom. The number of amides is 2. The maximum atomic E-state index is 12.2. The standard InChI is InChI=1S/C19H20N2O4/c1-5-13-7-6-8-14(11-13)21-17(22)16-10-9-15(24-16)12-20-18(23)25-19(2,3)4/h1,6-11H,12H2,2-4H3,(H,20,23)(H,21,22). The lowest BCUT2D eigenvalue weighted by Crippen LogP contribution is -2.32. The number of carbonyl (C=O) groups excluding carboxylic acids is 2. The minimum Gasteiger partial charge on any atom is -0.454 e. The molecule has 0 saturated carbocycles. The molecule has 1 aromatic heterocycles. The molecule has 130 valence electrons. The van der Waals surface area contributed by atoms with Gasteiger partial charge in [0.05, 0.1) is 6.54 Å². The molecule has 0 fully saturated rings. The Morgan fingerprint density at radius 2 is 2.00 bits per heavy atom. The number of carbonyl (C=O) groups is 2. The smallest absolute Gasteiger partial charge is 0.408 e. The van der Waals surface area contributed by atoms with E-state index in [1.165, 1.54) is 6.07 Å². The van der Waals surface area contributed by atoms with Crippen LogP contribution in [0.1, 0.15) is 42.6 Å². The van der Waals surface area contributed by atoms with E-state index in [0.717, 1.165) is 0 Å². The quantitative estimate of drug-likeness (QED) is 0.834. The summed E-state index contributed by atoms with van der Waals surface area (Å²) in [5.41, 5.74) is 0.662. The molecule has 0 saturated heterocycles. The number of rotatable bonds is 4. The van der Waals surface area contributed by atoms with E-state index in [1.54, 1.807) is 51.1 Å². The minimum absolute atomic E-state index is 0.120. The predicted molar refractivity (Wildman–Crippen MR) is 94.1 cm³/mol. The lowest BCUT2D eigenvalue weighted by atomic mass is 10.2. The molecule has 1 heterocycles. The van der Waals surface area contributed by atoms with Gasteiger partial charge in [0.2, 0.25) is 0 Å². The van der Waals surface area contributed by atoms with Crippen LogP contribution in [0.3, 0.4) is 0 Å². The molecule has 0 bridgehead atoms. The van der Waals surface area contributed by atoms with Gasteiger partial charge in [0.1, 0.15) is 11.4 Å². The van der Waals surface area contributed by atoms with E-state index >= 15 is 0 Å². The number of furan rings is 1. The van der Waals surface area contributed by atoms with Crippen LogP contribution in [0.15, 0.2) is 40.8 Å². The highest BCUT2D eigenvalue weighted by molar-refractivity contribution is 6.02. The highest BCUT2D eigenvalue weighted by Gasteiger charge is 2.17. The van der Waals surface area contributed by atoms with Crippen LogP contribution in [0, 0.1) is 12.3 Å². The number of anilines is 1. The Balaban J connectivity index is 1.93. The highest BCUT2D eigenvalue weighted by atomic mass is 16.6. The van der Waals surface area contributed by atoms with Crippen molar-refractivity contribution in [3.8, 4) is 12.3 Å². The van der Waals surface area contributed by atoms with Gasteiger partial charge in [0.15, 0.2) is 5.76 Å². The zero-order valence-corrected chi connectivity index (χ0v) is 14.4. The van der Waals surface area contributed by atoms with Crippen LogP contribution >= 0.6 is 0 Å². The first-order valence-corrected chi connectivity index (χ1v) is 7.70. The van der Waals surface area contributed by atoms with Crippen LogP contribution in [0.5, 0.6) is 0 Å². The van der Waals surface area contributed by atoms with E-state index in [4.69, 9.17) is 15.6 Å². The van der Waals surface area contributed by atoms with E-state index in [2.05, 4.69) is 16.6 Å². The maximum absolute atomic E-state index is 12.2. The predicted octanol–water partition coefficient (Wildman–Crippen LogP) is 3.54. The van der Waals surface area contributed by atoms with Crippen LogP contribution in [0.25, 0.3) is 0 Å². The van der Waals surface area contributed by atoms with Crippen LogP contribution < -0.4 is 10.6 Å². The number of hydrogen-bond donors (Lipinski definition) is 2. The van der Waals surface area contributed by atoms with E-state index in [-0.39, 0.29) is 12.3 Å². The molecular weight excluding hydrogens is 320 g/mol. The van der Waals surface area contributed by atoms with Crippen molar-refractivity contribution >= 4 is 17.7 Å². The van der Waals surface area contributed by atoms with Crippen LogP contribution in [-0.4, -0.2) is 17.6 Å². The summed E-state index contributed by atoms with van der Waals surface area (Å²) in [6, 6.07) is 10.1. The van der Waals surface area contributed by atoms with Crippen LogP contribution in [0.4, 0.5) is 10.5 Å². The zero-order chi connectivity index (χ0) is 18.4. The van der Waals surface area contributed by atoms with Crippen molar-refractivity contribution < 1.29 is 18.7 Å². The molecule has 6 heteroatoms. The Bertz CT molecular complexity index is 809. The first kappa shape index (κ1) is 18.1. The Morgan fingerprint density at radius 3 is 2.68 bits per heavy atom. The first-order chi connectivity index (χ1) is 11.8. The fourth-order valence-corrected chi connectivity index (χ4v) is 1.95. The molecule has 25 heavy (non-hydrogen) atoms. The maximum Gasteiger partial charge on any atom is 0.408 e. The monoisotopic (exact) mass is 340 g/mol. The summed E-state index contributed by atoms with van der Waals surface area (Å²) in [6.07, 6.45) is 4.78. The molecule has 0 aliphatic rings. The van der Waals surface area contributed by atoms with Crippen molar-refractivity contribution in [2.45, 2.75) is 32.9 Å². The fraction of sp³-hybridized carbons (Fsp3) is 0.263. The van der Waals surface area contributed by atoms with Gasteiger partial charge < -0.3 is 19.8 Å². The van der Waals surface area contributed by atoms with Gasteiger partial charge in [0.25, 0.3) is 5.91 Å². The third-order valence-electron chi connectivity index (χ3n) is 2.98. The molecule has 2 amide bonds. The van der Waals surface area contributed by atoms with Crippen molar-refractivity contribution in [1.29, 1.82) is 0 Å². The average molecular weight is 340 g/mol. The zero-order valence-electron chi connectivity index (χ0n) is 14.4. The topological polar surface area (TPSA) is 80.6 Å². The van der Waals surface area contributed by atoms with Gasteiger partial charge in [0, 0.05) is 11.3 Å². The molecule has 2 aromatic rings. The third kappa shape index (κ3) is 5.74. The molecule has 1 aromatic carbocycles. The Labute approximate surface area is 146 Å². The fourth-order valence-electron chi connectivity index (χ4n) is 1.95. The molecule has 0 radical (unpaired) electrons. The summed E-state index contributed by atoms with van der Waals surface area (Å²) in [4.78, 5) is 23.8. The molecular formula is C19H20N2O4. The van der Waals surface area contributed by atoms with E-state index in [9.17, 15) is 9.59 Å². The second-order valence-electron chi connectivity index (χ2n) is 6.30. The summed E-state index contributed by atoms with van der Waals surface area (Å²) >= 11 is 0. The Hall–Kier alpha value is -3.20. The van der Waals surface area contributed by atoms with Gasteiger partial charge >= 0.3 is 6.09 Å². The number of nitrogens with one attached hydrogen (secondary N) is 2. The lowest BCUT2D eigenvalue weighted by molar-refractivity contribution is 0.0520. The molecule has 0 aliphatic carbocycles. The molecule has 2 N–H and O–H groups in total. The number of alkyl carbamates (subject to hydrolysis) is 1. The summed E-state index contributed by atoms with van der Waals surface area (Å²) in [6.45, 7) is 5.44. The molecule has 0 unspecified atom stereocenters. The SMILES string of the molecule is C#Cc1cccc(NC(=O)c2ccc(CNC(=O)OC(C)(C)C)o2)c1. The van der Waals surface area contributed by atoms with Crippen LogP contribution in [-0.2, 0) is 11.3 Å². The summed E-state index contributed by atoms with van der Waals surface area (Å²) in [5, 5.41) is 5.27. The number of hydrogen-bond acceptors (Lipinski definition) is 4. The second kappa shape index (κ2) is 7.58. The minimum atomic E-state index is -0.578. The number of terminal acetylenes is 1. The molecule has 0 spiro atoms. The van der Waals surface area contributed by atoms with Crippen molar-refractivity contribution in [3.05, 3.63) is 53.5 Å². The highest BCUT2D eigenvalue weighted by Crippen LogP contribution is 2.14. The van der Waals surface area contributed by atoms with Crippen molar-refractivity contribution in [3.63, 3.8) is 0 Å². The molecule has 6 nitrogen and oxygen atoms in total. The lowest BCUT2D eigenvalue weighted by Gasteiger charge is -2.19. The van der Waals surface area contributed by atoms with Gasteiger partial charge in [-0.1, -0.05) is 12.0 Å².